The fourth-order valence-electron chi connectivity index (χ4n) is 2.50. The Morgan fingerprint density at radius 1 is 1.22 bits per heavy atom. The number of halogens is 2. The van der Waals surface area contributed by atoms with E-state index in [1.54, 1.807) is 26.3 Å². The third kappa shape index (κ3) is 6.71. The molecule has 0 fully saturated rings. The van der Waals surface area contributed by atoms with E-state index in [0.717, 1.165) is 23.3 Å². The Morgan fingerprint density at radius 3 is 2.63 bits per heavy atom. The van der Waals surface area contributed by atoms with Gasteiger partial charge in [-0.3, -0.25) is 4.99 Å². The van der Waals surface area contributed by atoms with Gasteiger partial charge in [-0.25, -0.2) is 4.39 Å². The van der Waals surface area contributed by atoms with Crippen LogP contribution in [0.15, 0.2) is 41.4 Å². The van der Waals surface area contributed by atoms with Crippen molar-refractivity contribution in [1.29, 1.82) is 5.26 Å². The van der Waals surface area contributed by atoms with Crippen molar-refractivity contribution >= 4 is 29.9 Å². The van der Waals surface area contributed by atoms with Crippen molar-refractivity contribution in [3.05, 3.63) is 64.5 Å². The molecule has 0 bridgehead atoms. The summed E-state index contributed by atoms with van der Waals surface area (Å²) >= 11 is 0. The molecule has 0 aromatic heterocycles. The number of benzene rings is 2. The Morgan fingerprint density at radius 2 is 2.00 bits per heavy atom. The molecule has 5 nitrogen and oxygen atoms in total. The monoisotopic (exact) mass is 482 g/mol. The second-order valence-corrected chi connectivity index (χ2v) is 5.82. The summed E-state index contributed by atoms with van der Waals surface area (Å²) in [6.45, 7) is 2.98. The molecule has 0 amide bonds. The molecule has 144 valence electrons. The highest BCUT2D eigenvalue weighted by atomic mass is 127. The number of rotatable bonds is 6. The van der Waals surface area contributed by atoms with E-state index in [4.69, 9.17) is 10.00 Å². The number of guanidine groups is 1. The number of hydrogen-bond donors (Lipinski definition) is 2. The van der Waals surface area contributed by atoms with Crippen LogP contribution >= 0.6 is 24.0 Å². The average molecular weight is 482 g/mol. The van der Waals surface area contributed by atoms with Crippen LogP contribution in [0.4, 0.5) is 4.39 Å². The molecule has 7 heteroatoms. The van der Waals surface area contributed by atoms with Crippen LogP contribution in [0.5, 0.6) is 5.75 Å². The lowest BCUT2D eigenvalue weighted by Gasteiger charge is -2.13. The van der Waals surface area contributed by atoms with Crippen LogP contribution < -0.4 is 15.4 Å². The van der Waals surface area contributed by atoms with E-state index >= 15 is 0 Å². The van der Waals surface area contributed by atoms with Crippen molar-refractivity contribution in [1.82, 2.24) is 10.6 Å². The largest absolute Gasteiger partial charge is 0.496 e. The van der Waals surface area contributed by atoms with Crippen LogP contribution in [-0.2, 0) is 13.0 Å². The van der Waals surface area contributed by atoms with Gasteiger partial charge in [-0.05, 0) is 42.7 Å². The third-order valence-corrected chi connectivity index (χ3v) is 4.03. The summed E-state index contributed by atoms with van der Waals surface area (Å²) in [5, 5.41) is 15.1. The SMILES string of the molecule is CN=C(NCCc1ccc(C)c(OC)c1)NCc1ccc(C#N)cc1F.I. The van der Waals surface area contributed by atoms with Crippen LogP contribution in [-0.4, -0.2) is 26.7 Å². The van der Waals surface area contributed by atoms with Crippen molar-refractivity contribution in [3.63, 3.8) is 0 Å². The van der Waals surface area contributed by atoms with Crippen molar-refractivity contribution in [2.45, 2.75) is 19.9 Å². The van der Waals surface area contributed by atoms with E-state index in [-0.39, 0.29) is 30.5 Å². The molecule has 0 radical (unpaired) electrons. The maximum Gasteiger partial charge on any atom is 0.191 e. The fraction of sp³-hybridized carbons (Fsp3) is 0.300. The minimum Gasteiger partial charge on any atom is -0.496 e. The zero-order valence-electron chi connectivity index (χ0n) is 15.7. The Balaban J connectivity index is 0.00000364. The van der Waals surface area contributed by atoms with E-state index in [2.05, 4.69) is 21.7 Å². The normalized spacial score (nSPS) is 10.6. The Labute approximate surface area is 176 Å². The van der Waals surface area contributed by atoms with Gasteiger partial charge in [-0.1, -0.05) is 18.2 Å². The summed E-state index contributed by atoms with van der Waals surface area (Å²) in [5.74, 6) is 1.06. The maximum atomic E-state index is 13.9. The quantitative estimate of drug-likeness (QED) is 0.376. The number of aliphatic imine (C=N–C) groups is 1. The molecule has 2 rings (SSSR count). The summed E-state index contributed by atoms with van der Waals surface area (Å²) in [4.78, 5) is 4.14. The Kier molecular flexibility index (Phi) is 9.58. The van der Waals surface area contributed by atoms with Gasteiger partial charge in [-0.15, -0.1) is 24.0 Å². The van der Waals surface area contributed by atoms with Crippen molar-refractivity contribution in [3.8, 4) is 11.8 Å². The maximum absolute atomic E-state index is 13.9. The van der Waals surface area contributed by atoms with E-state index in [9.17, 15) is 4.39 Å². The standard InChI is InChI=1S/C20H23FN4O.HI/c1-14-4-5-15(11-19(14)26-3)8-9-24-20(23-2)25-13-17-7-6-16(12-22)10-18(17)21;/h4-7,10-11H,8-9,13H2,1-3H3,(H2,23,24,25);1H. The smallest absolute Gasteiger partial charge is 0.191 e. The highest BCUT2D eigenvalue weighted by Gasteiger charge is 2.05. The molecular weight excluding hydrogens is 458 g/mol. The van der Waals surface area contributed by atoms with Crippen LogP contribution in [0.1, 0.15) is 22.3 Å². The van der Waals surface area contributed by atoms with Crippen LogP contribution in [0, 0.1) is 24.1 Å². The van der Waals surface area contributed by atoms with Gasteiger partial charge < -0.3 is 15.4 Å². The molecule has 0 saturated heterocycles. The number of methoxy groups -OCH3 is 1. The van der Waals surface area contributed by atoms with E-state index in [1.165, 1.54) is 6.07 Å². The molecule has 2 aromatic carbocycles. The first-order chi connectivity index (χ1) is 12.6. The van der Waals surface area contributed by atoms with Crippen molar-refractivity contribution in [2.24, 2.45) is 4.99 Å². The number of aryl methyl sites for hydroxylation is 1. The fourth-order valence-corrected chi connectivity index (χ4v) is 2.50. The highest BCUT2D eigenvalue weighted by Crippen LogP contribution is 2.19. The van der Waals surface area contributed by atoms with E-state index in [1.807, 2.05) is 25.1 Å². The topological polar surface area (TPSA) is 69.4 Å². The van der Waals surface area contributed by atoms with E-state index < -0.39 is 5.82 Å². The van der Waals surface area contributed by atoms with E-state index in [0.29, 0.717) is 23.6 Å². The molecule has 0 spiro atoms. The van der Waals surface area contributed by atoms with Crippen LogP contribution in [0.2, 0.25) is 0 Å². The number of hydrogen-bond acceptors (Lipinski definition) is 3. The molecule has 0 aliphatic carbocycles. The third-order valence-electron chi connectivity index (χ3n) is 4.03. The number of nitrogens with zero attached hydrogens (tertiary/aromatic N) is 2. The second-order valence-electron chi connectivity index (χ2n) is 5.82. The Bertz CT molecular complexity index is 833. The summed E-state index contributed by atoms with van der Waals surface area (Å²) in [5.41, 5.74) is 3.05. The lowest BCUT2D eigenvalue weighted by atomic mass is 10.1. The van der Waals surface area contributed by atoms with Gasteiger partial charge in [0.1, 0.15) is 11.6 Å². The minimum absolute atomic E-state index is 0. The number of nitrogens with one attached hydrogen (secondary N) is 2. The first-order valence-electron chi connectivity index (χ1n) is 8.34. The lowest BCUT2D eigenvalue weighted by Crippen LogP contribution is -2.38. The molecule has 0 unspecified atom stereocenters. The molecule has 0 atom stereocenters. The second kappa shape index (κ2) is 11.4. The zero-order valence-corrected chi connectivity index (χ0v) is 18.0. The zero-order chi connectivity index (χ0) is 18.9. The van der Waals surface area contributed by atoms with Crippen molar-refractivity contribution in [2.75, 3.05) is 20.7 Å². The highest BCUT2D eigenvalue weighted by molar-refractivity contribution is 14.0. The molecule has 2 N–H and O–H groups in total. The molecule has 27 heavy (non-hydrogen) atoms. The summed E-state index contributed by atoms with van der Waals surface area (Å²) in [6.07, 6.45) is 0.808. The van der Waals surface area contributed by atoms with Gasteiger partial charge >= 0.3 is 0 Å². The van der Waals surface area contributed by atoms with Crippen LogP contribution in [0.3, 0.4) is 0 Å². The summed E-state index contributed by atoms with van der Waals surface area (Å²) in [7, 11) is 3.33. The molecular formula is C20H24FIN4O. The average Bonchev–Trinajstić information content (AvgIpc) is 2.66. The van der Waals surface area contributed by atoms with Gasteiger partial charge in [0, 0.05) is 25.7 Å². The first-order valence-corrected chi connectivity index (χ1v) is 8.34. The van der Waals surface area contributed by atoms with Gasteiger partial charge in [0.25, 0.3) is 0 Å². The number of ether oxygens (including phenoxy) is 1. The van der Waals surface area contributed by atoms with Crippen LogP contribution in [0.25, 0.3) is 0 Å². The first kappa shape index (κ1) is 22.7. The molecule has 0 aliphatic heterocycles. The predicted molar refractivity (Wildman–Crippen MR) is 116 cm³/mol. The minimum atomic E-state index is -0.404. The lowest BCUT2D eigenvalue weighted by molar-refractivity contribution is 0.411. The Hall–Kier alpha value is -2.34. The predicted octanol–water partition coefficient (Wildman–Crippen LogP) is 3.54. The number of nitriles is 1. The summed E-state index contributed by atoms with van der Waals surface area (Å²) < 4.78 is 19.2. The molecule has 0 saturated carbocycles. The summed E-state index contributed by atoms with van der Waals surface area (Å²) in [6, 6.07) is 12.5. The van der Waals surface area contributed by atoms with Crippen molar-refractivity contribution < 1.29 is 9.13 Å². The molecule has 2 aromatic rings. The molecule has 0 heterocycles. The molecule has 0 aliphatic rings. The van der Waals surface area contributed by atoms with Gasteiger partial charge in [0.2, 0.25) is 0 Å². The van der Waals surface area contributed by atoms with Gasteiger partial charge in [0.15, 0.2) is 5.96 Å². The van der Waals surface area contributed by atoms with Gasteiger partial charge in [-0.2, -0.15) is 5.26 Å². The van der Waals surface area contributed by atoms with Gasteiger partial charge in [0.05, 0.1) is 18.7 Å².